The van der Waals surface area contributed by atoms with Gasteiger partial charge in [-0.05, 0) is 48.4 Å². The summed E-state index contributed by atoms with van der Waals surface area (Å²) in [6.07, 6.45) is 0. The van der Waals surface area contributed by atoms with Gasteiger partial charge in [0.2, 0.25) is 0 Å². The van der Waals surface area contributed by atoms with Crippen LogP contribution in [0, 0.1) is 12.7 Å². The average Bonchev–Trinajstić information content (AvgIpc) is 3.47. The molecule has 1 aliphatic heterocycles. The number of carbonyl (C=O) groups excluding carboxylic acids is 3. The first-order valence-electron chi connectivity index (χ1n) is 12.8. The summed E-state index contributed by atoms with van der Waals surface area (Å²) in [5.74, 6) is -2.11. The largest absolute Gasteiger partial charge is 0.354 e. The Hall–Kier alpha value is -5.24. The molecule has 4 aromatic carbocycles. The number of halogens is 1. The lowest BCUT2D eigenvalue weighted by molar-refractivity contribution is -0.122. The van der Waals surface area contributed by atoms with Gasteiger partial charge in [-0.15, -0.1) is 0 Å². The molecule has 1 unspecified atom stereocenters. The number of amides is 3. The normalized spacial score (nSPS) is 14.3. The standard InChI is InChI=1S/C32H25FN4O3/c1-19-13-15-20(16-14-19)29-28(25-11-4-5-12-26(25)34-29)30-23-9-2-3-10-24(23)32(40)37(30)18-27(38)35-36-31(39)21-7-6-8-22(33)17-21/h2-17,30,34H,18H2,1H3,(H,35,38)(H,36,39). The highest BCUT2D eigenvalue weighted by Crippen LogP contribution is 2.45. The molecule has 0 saturated heterocycles. The van der Waals surface area contributed by atoms with Gasteiger partial charge < -0.3 is 9.88 Å². The lowest BCUT2D eigenvalue weighted by Crippen LogP contribution is -2.47. The summed E-state index contributed by atoms with van der Waals surface area (Å²) in [5, 5.41) is 0.942. The topological polar surface area (TPSA) is 94.3 Å². The number of nitrogens with one attached hydrogen (secondary N) is 3. The van der Waals surface area contributed by atoms with Crippen molar-refractivity contribution in [1.82, 2.24) is 20.7 Å². The van der Waals surface area contributed by atoms with Crippen LogP contribution in [0.2, 0.25) is 0 Å². The molecule has 0 spiro atoms. The Bertz CT molecular complexity index is 1780. The minimum atomic E-state index is -0.668. The van der Waals surface area contributed by atoms with E-state index in [2.05, 4.69) is 15.8 Å². The van der Waals surface area contributed by atoms with Crippen molar-refractivity contribution in [3.63, 3.8) is 0 Å². The number of H-pyrrole nitrogens is 1. The van der Waals surface area contributed by atoms with Crippen molar-refractivity contribution in [3.05, 3.63) is 131 Å². The first-order valence-corrected chi connectivity index (χ1v) is 12.8. The monoisotopic (exact) mass is 532 g/mol. The van der Waals surface area contributed by atoms with Crippen LogP contribution in [0.5, 0.6) is 0 Å². The van der Waals surface area contributed by atoms with Crippen molar-refractivity contribution >= 4 is 28.6 Å². The number of nitrogens with zero attached hydrogens (tertiary/aromatic N) is 1. The van der Waals surface area contributed by atoms with Gasteiger partial charge in [-0.25, -0.2) is 4.39 Å². The summed E-state index contributed by atoms with van der Waals surface area (Å²) in [4.78, 5) is 44.2. The Morgan fingerprint density at radius 1 is 0.900 bits per heavy atom. The van der Waals surface area contributed by atoms with Gasteiger partial charge in [0.25, 0.3) is 17.7 Å². The maximum atomic E-state index is 13.7. The van der Waals surface area contributed by atoms with E-state index in [1.165, 1.54) is 23.1 Å². The number of aryl methyl sites for hydroxylation is 1. The lowest BCUT2D eigenvalue weighted by atomic mass is 9.93. The van der Waals surface area contributed by atoms with Crippen molar-refractivity contribution in [1.29, 1.82) is 0 Å². The van der Waals surface area contributed by atoms with Crippen LogP contribution in [0.1, 0.15) is 43.4 Å². The number of aromatic nitrogens is 1. The third kappa shape index (κ3) is 4.49. The average molecular weight is 533 g/mol. The number of hydrazine groups is 1. The highest BCUT2D eigenvalue weighted by molar-refractivity contribution is 6.04. The van der Waals surface area contributed by atoms with Crippen molar-refractivity contribution in [2.75, 3.05) is 6.54 Å². The number of rotatable bonds is 5. The van der Waals surface area contributed by atoms with Crippen LogP contribution in [-0.4, -0.2) is 34.2 Å². The molecule has 5 aromatic rings. The quantitative estimate of drug-likeness (QED) is 0.269. The predicted molar refractivity (Wildman–Crippen MR) is 150 cm³/mol. The van der Waals surface area contributed by atoms with E-state index < -0.39 is 23.7 Å². The molecule has 0 radical (unpaired) electrons. The predicted octanol–water partition coefficient (Wildman–Crippen LogP) is 5.29. The van der Waals surface area contributed by atoms with Gasteiger partial charge in [-0.1, -0.05) is 72.3 Å². The van der Waals surface area contributed by atoms with E-state index in [1.807, 2.05) is 67.6 Å². The van der Waals surface area contributed by atoms with Crippen molar-refractivity contribution in [2.24, 2.45) is 0 Å². The second-order valence-electron chi connectivity index (χ2n) is 9.76. The van der Waals surface area contributed by atoms with E-state index >= 15 is 0 Å². The molecule has 1 aliphatic rings. The van der Waals surface area contributed by atoms with Crippen LogP contribution < -0.4 is 10.9 Å². The van der Waals surface area contributed by atoms with E-state index in [-0.39, 0.29) is 18.0 Å². The second-order valence-corrected chi connectivity index (χ2v) is 9.76. The molecule has 6 rings (SSSR count). The summed E-state index contributed by atoms with van der Waals surface area (Å²) in [5.41, 5.74) is 10.8. The molecule has 3 N–H and O–H groups in total. The number of para-hydroxylation sites is 1. The van der Waals surface area contributed by atoms with Crippen LogP contribution in [-0.2, 0) is 4.79 Å². The smallest absolute Gasteiger partial charge is 0.269 e. The summed E-state index contributed by atoms with van der Waals surface area (Å²) in [6.45, 7) is 1.71. The van der Waals surface area contributed by atoms with Gasteiger partial charge in [-0.3, -0.25) is 25.2 Å². The van der Waals surface area contributed by atoms with Crippen molar-refractivity contribution in [3.8, 4) is 11.3 Å². The highest BCUT2D eigenvalue weighted by Gasteiger charge is 2.41. The van der Waals surface area contributed by atoms with E-state index in [0.29, 0.717) is 5.56 Å². The summed E-state index contributed by atoms with van der Waals surface area (Å²) < 4.78 is 13.5. The minimum Gasteiger partial charge on any atom is -0.354 e. The first-order chi connectivity index (χ1) is 19.4. The van der Waals surface area contributed by atoms with Crippen LogP contribution in [0.25, 0.3) is 22.2 Å². The van der Waals surface area contributed by atoms with Crippen LogP contribution >= 0.6 is 0 Å². The fourth-order valence-corrected chi connectivity index (χ4v) is 5.26. The van der Waals surface area contributed by atoms with E-state index in [1.54, 1.807) is 12.1 Å². The Balaban J connectivity index is 1.37. The molecule has 3 amide bonds. The van der Waals surface area contributed by atoms with E-state index in [4.69, 9.17) is 0 Å². The Labute approximate surface area is 229 Å². The Kier molecular flexibility index (Phi) is 6.36. The molecule has 0 bridgehead atoms. The van der Waals surface area contributed by atoms with E-state index in [9.17, 15) is 18.8 Å². The third-order valence-corrected chi connectivity index (χ3v) is 7.13. The minimum absolute atomic E-state index is 0.0596. The lowest BCUT2D eigenvalue weighted by Gasteiger charge is -2.26. The fraction of sp³-hybridized carbons (Fsp3) is 0.0938. The van der Waals surface area contributed by atoms with Crippen molar-refractivity contribution in [2.45, 2.75) is 13.0 Å². The molecule has 8 heteroatoms. The Morgan fingerprint density at radius 2 is 1.65 bits per heavy atom. The number of hydrogen-bond donors (Lipinski definition) is 3. The molecule has 40 heavy (non-hydrogen) atoms. The summed E-state index contributed by atoms with van der Waals surface area (Å²) in [7, 11) is 0. The maximum absolute atomic E-state index is 13.7. The Morgan fingerprint density at radius 3 is 2.45 bits per heavy atom. The molecule has 0 aliphatic carbocycles. The SMILES string of the molecule is Cc1ccc(-c2[nH]c3ccccc3c2C2c3ccccc3C(=O)N2CC(=O)NNC(=O)c2cccc(F)c2)cc1. The molecular formula is C32H25FN4O3. The molecule has 0 saturated carbocycles. The molecule has 0 fully saturated rings. The van der Waals surface area contributed by atoms with Crippen molar-refractivity contribution < 1.29 is 18.8 Å². The number of fused-ring (bicyclic) bond motifs is 2. The summed E-state index contributed by atoms with van der Waals surface area (Å²) in [6, 6.07) is 27.9. The maximum Gasteiger partial charge on any atom is 0.269 e. The zero-order chi connectivity index (χ0) is 27.8. The molecule has 198 valence electrons. The number of hydrogen-bond acceptors (Lipinski definition) is 3. The van der Waals surface area contributed by atoms with Crippen LogP contribution in [0.4, 0.5) is 4.39 Å². The molecule has 2 heterocycles. The van der Waals surface area contributed by atoms with Gasteiger partial charge in [0.15, 0.2) is 0 Å². The number of carbonyl (C=O) groups is 3. The molecule has 7 nitrogen and oxygen atoms in total. The molecule has 1 atom stereocenters. The molecular weight excluding hydrogens is 507 g/mol. The zero-order valence-corrected chi connectivity index (χ0v) is 21.6. The summed E-state index contributed by atoms with van der Waals surface area (Å²) >= 11 is 0. The second kappa shape index (κ2) is 10.1. The third-order valence-electron chi connectivity index (χ3n) is 7.13. The first kappa shape index (κ1) is 25.1. The van der Waals surface area contributed by atoms with E-state index in [0.717, 1.165) is 44.9 Å². The zero-order valence-electron chi connectivity index (χ0n) is 21.6. The fourth-order valence-electron chi connectivity index (χ4n) is 5.26. The highest BCUT2D eigenvalue weighted by atomic mass is 19.1. The number of benzene rings is 4. The van der Waals surface area contributed by atoms with Gasteiger partial charge in [0, 0.05) is 27.6 Å². The van der Waals surface area contributed by atoms with Gasteiger partial charge >= 0.3 is 0 Å². The molecule has 1 aromatic heterocycles. The van der Waals surface area contributed by atoms with Crippen LogP contribution in [0.15, 0.2) is 97.1 Å². The van der Waals surface area contributed by atoms with Crippen LogP contribution in [0.3, 0.4) is 0 Å². The van der Waals surface area contributed by atoms with Gasteiger partial charge in [-0.2, -0.15) is 0 Å². The number of aromatic amines is 1. The van der Waals surface area contributed by atoms with Gasteiger partial charge in [0.05, 0.1) is 11.7 Å². The van der Waals surface area contributed by atoms with Gasteiger partial charge in [0.1, 0.15) is 12.4 Å².